The summed E-state index contributed by atoms with van der Waals surface area (Å²) in [5, 5.41) is 20.2. The number of benzene rings is 4. The molecule has 0 saturated carbocycles. The number of phenols is 2. The predicted octanol–water partition coefficient (Wildman–Crippen LogP) is 5.89. The van der Waals surface area contributed by atoms with Crippen LogP contribution in [0.5, 0.6) is 23.0 Å². The first-order chi connectivity index (χ1) is 14.1. The van der Waals surface area contributed by atoms with Crippen molar-refractivity contribution in [3.05, 3.63) is 119 Å². The average Bonchev–Trinajstić information content (AvgIpc) is 2.72. The lowest BCUT2D eigenvalue weighted by molar-refractivity contribution is 0.415. The molecule has 5 rings (SSSR count). The second-order valence-electron chi connectivity index (χ2n) is 7.45. The Morgan fingerprint density at radius 2 is 1.21 bits per heavy atom. The molecule has 0 unspecified atom stereocenters. The van der Waals surface area contributed by atoms with Gasteiger partial charge in [-0.1, -0.05) is 72.3 Å². The third-order valence-corrected chi connectivity index (χ3v) is 5.62. The molecule has 1 aliphatic heterocycles. The first-order valence-corrected chi connectivity index (χ1v) is 9.56. The molecule has 0 atom stereocenters. The van der Waals surface area contributed by atoms with Crippen molar-refractivity contribution in [3.8, 4) is 23.0 Å². The molecule has 0 amide bonds. The highest BCUT2D eigenvalue weighted by Gasteiger charge is 2.45. The molecule has 4 aromatic carbocycles. The van der Waals surface area contributed by atoms with Crippen LogP contribution >= 0.6 is 0 Å². The Labute approximate surface area is 169 Å². The first kappa shape index (κ1) is 17.4. The Kier molecular flexibility index (Phi) is 3.85. The molecule has 3 heteroatoms. The molecule has 0 spiro atoms. The minimum Gasteiger partial charge on any atom is -0.508 e. The molecular formula is C26H20O3. The van der Waals surface area contributed by atoms with Crippen LogP contribution in [0.2, 0.25) is 0 Å². The van der Waals surface area contributed by atoms with Crippen LogP contribution in [0.15, 0.2) is 91.0 Å². The van der Waals surface area contributed by atoms with Crippen molar-refractivity contribution in [2.45, 2.75) is 12.3 Å². The molecule has 0 saturated heterocycles. The Hall–Kier alpha value is -3.72. The topological polar surface area (TPSA) is 49.7 Å². The summed E-state index contributed by atoms with van der Waals surface area (Å²) in [7, 11) is 0. The van der Waals surface area contributed by atoms with Gasteiger partial charge < -0.3 is 14.9 Å². The molecule has 1 aliphatic rings. The third kappa shape index (κ3) is 2.59. The highest BCUT2D eigenvalue weighted by atomic mass is 16.5. The van der Waals surface area contributed by atoms with Gasteiger partial charge in [0.05, 0.1) is 5.41 Å². The molecule has 29 heavy (non-hydrogen) atoms. The van der Waals surface area contributed by atoms with Crippen LogP contribution in [-0.2, 0) is 5.41 Å². The molecule has 0 radical (unpaired) electrons. The van der Waals surface area contributed by atoms with Crippen LogP contribution in [0.1, 0.15) is 27.8 Å². The van der Waals surface area contributed by atoms with Gasteiger partial charge in [0.2, 0.25) is 0 Å². The predicted molar refractivity (Wildman–Crippen MR) is 113 cm³/mol. The lowest BCUT2D eigenvalue weighted by Crippen LogP contribution is -2.34. The van der Waals surface area contributed by atoms with Crippen LogP contribution in [-0.4, -0.2) is 10.2 Å². The Balaban J connectivity index is 1.97. The van der Waals surface area contributed by atoms with Crippen molar-refractivity contribution in [2.24, 2.45) is 0 Å². The van der Waals surface area contributed by atoms with Gasteiger partial charge in [0, 0.05) is 23.3 Å². The minimum absolute atomic E-state index is 0.138. The van der Waals surface area contributed by atoms with E-state index in [4.69, 9.17) is 4.74 Å². The molecule has 142 valence electrons. The fourth-order valence-corrected chi connectivity index (χ4v) is 4.43. The van der Waals surface area contributed by atoms with E-state index in [1.54, 1.807) is 24.3 Å². The number of hydrogen-bond donors (Lipinski definition) is 2. The van der Waals surface area contributed by atoms with Crippen LogP contribution in [0.25, 0.3) is 0 Å². The number of phenolic OH excluding ortho intramolecular Hbond substituents is 2. The van der Waals surface area contributed by atoms with E-state index >= 15 is 0 Å². The van der Waals surface area contributed by atoms with Crippen molar-refractivity contribution < 1.29 is 14.9 Å². The zero-order valence-corrected chi connectivity index (χ0v) is 16.0. The average molecular weight is 380 g/mol. The summed E-state index contributed by atoms with van der Waals surface area (Å²) >= 11 is 0. The summed E-state index contributed by atoms with van der Waals surface area (Å²) in [5.74, 6) is 1.43. The summed E-state index contributed by atoms with van der Waals surface area (Å²) in [6.45, 7) is 2.08. The summed E-state index contributed by atoms with van der Waals surface area (Å²) in [6.07, 6.45) is 0. The molecule has 0 fully saturated rings. The number of ether oxygens (including phenoxy) is 1. The fraction of sp³-hybridized carbons (Fsp3) is 0.0769. The van der Waals surface area contributed by atoms with E-state index in [2.05, 4.69) is 43.3 Å². The highest BCUT2D eigenvalue weighted by Crippen LogP contribution is 2.56. The van der Waals surface area contributed by atoms with Crippen molar-refractivity contribution in [3.63, 3.8) is 0 Å². The maximum absolute atomic E-state index is 10.1. The molecule has 2 N–H and O–H groups in total. The normalized spacial score (nSPS) is 13.8. The van der Waals surface area contributed by atoms with Gasteiger partial charge >= 0.3 is 0 Å². The quantitative estimate of drug-likeness (QED) is 0.401. The zero-order valence-electron chi connectivity index (χ0n) is 16.0. The van der Waals surface area contributed by atoms with Crippen LogP contribution < -0.4 is 4.74 Å². The molecule has 4 aromatic rings. The van der Waals surface area contributed by atoms with Crippen molar-refractivity contribution in [1.29, 1.82) is 0 Å². The summed E-state index contributed by atoms with van der Waals surface area (Å²) in [6, 6.07) is 29.3. The largest absolute Gasteiger partial charge is 0.508 e. The minimum atomic E-state index is -0.641. The Bertz CT molecular complexity index is 1160. The van der Waals surface area contributed by atoms with E-state index in [0.717, 1.165) is 27.8 Å². The molecular weight excluding hydrogens is 360 g/mol. The molecule has 0 aliphatic carbocycles. The lowest BCUT2D eigenvalue weighted by atomic mass is 9.63. The van der Waals surface area contributed by atoms with Gasteiger partial charge in [-0.05, 0) is 30.2 Å². The van der Waals surface area contributed by atoms with E-state index < -0.39 is 5.41 Å². The maximum atomic E-state index is 10.1. The molecule has 0 bridgehead atoms. The summed E-state index contributed by atoms with van der Waals surface area (Å²) in [5.41, 5.74) is 4.61. The van der Waals surface area contributed by atoms with E-state index in [0.29, 0.717) is 11.5 Å². The lowest BCUT2D eigenvalue weighted by Gasteiger charge is -2.41. The van der Waals surface area contributed by atoms with Gasteiger partial charge in [-0.2, -0.15) is 0 Å². The monoisotopic (exact) mass is 380 g/mol. The van der Waals surface area contributed by atoms with E-state index in [9.17, 15) is 10.2 Å². The van der Waals surface area contributed by atoms with Crippen molar-refractivity contribution in [2.75, 3.05) is 0 Å². The van der Waals surface area contributed by atoms with Gasteiger partial charge in [0.1, 0.15) is 23.0 Å². The number of rotatable bonds is 2. The number of aryl methyl sites for hydroxylation is 1. The Morgan fingerprint density at radius 1 is 0.621 bits per heavy atom. The van der Waals surface area contributed by atoms with Gasteiger partial charge in [-0.3, -0.25) is 0 Å². The van der Waals surface area contributed by atoms with Crippen molar-refractivity contribution >= 4 is 0 Å². The standard InChI is InChI=1S/C26H20O3/c1-17-6-5-9-19(14-17)26(18-7-3-2-4-8-18)22-12-10-20(27)15-24(22)29-25-16-21(28)11-13-23(25)26/h2-16,27-28H,1H3. The molecule has 1 heterocycles. The highest BCUT2D eigenvalue weighted by molar-refractivity contribution is 5.70. The van der Waals surface area contributed by atoms with E-state index in [1.165, 1.54) is 0 Å². The third-order valence-electron chi connectivity index (χ3n) is 5.62. The summed E-state index contributed by atoms with van der Waals surface area (Å²) < 4.78 is 6.15. The van der Waals surface area contributed by atoms with E-state index in [-0.39, 0.29) is 11.5 Å². The smallest absolute Gasteiger partial charge is 0.135 e. The SMILES string of the molecule is Cc1cccc(C2(c3ccccc3)c3ccc(O)cc3Oc3cc(O)ccc32)c1. The van der Waals surface area contributed by atoms with Gasteiger partial charge in [0.25, 0.3) is 0 Å². The second-order valence-corrected chi connectivity index (χ2v) is 7.45. The Morgan fingerprint density at radius 3 is 1.79 bits per heavy atom. The fourth-order valence-electron chi connectivity index (χ4n) is 4.43. The van der Waals surface area contributed by atoms with Crippen LogP contribution in [0.3, 0.4) is 0 Å². The second kappa shape index (κ2) is 6.42. The summed E-state index contributed by atoms with van der Waals surface area (Å²) in [4.78, 5) is 0. The molecule has 0 aromatic heterocycles. The van der Waals surface area contributed by atoms with Crippen molar-refractivity contribution in [1.82, 2.24) is 0 Å². The first-order valence-electron chi connectivity index (χ1n) is 9.56. The van der Waals surface area contributed by atoms with Gasteiger partial charge in [-0.15, -0.1) is 0 Å². The van der Waals surface area contributed by atoms with Crippen LogP contribution in [0, 0.1) is 6.92 Å². The van der Waals surface area contributed by atoms with E-state index in [1.807, 2.05) is 30.3 Å². The zero-order chi connectivity index (χ0) is 20.0. The van der Waals surface area contributed by atoms with Crippen LogP contribution in [0.4, 0.5) is 0 Å². The number of aromatic hydroxyl groups is 2. The molecule has 3 nitrogen and oxygen atoms in total. The maximum Gasteiger partial charge on any atom is 0.135 e. The number of fused-ring (bicyclic) bond motifs is 2. The number of hydrogen-bond acceptors (Lipinski definition) is 3. The van der Waals surface area contributed by atoms with Gasteiger partial charge in [-0.25, -0.2) is 0 Å². The van der Waals surface area contributed by atoms with Gasteiger partial charge in [0.15, 0.2) is 0 Å².